The number of hydrogen-bond donors (Lipinski definition) is 1. The summed E-state index contributed by atoms with van der Waals surface area (Å²) in [4.78, 5) is 21.5. The van der Waals surface area contributed by atoms with Gasteiger partial charge in [0.1, 0.15) is 11.3 Å². The highest BCUT2D eigenvalue weighted by Gasteiger charge is 2.15. The van der Waals surface area contributed by atoms with E-state index in [1.807, 2.05) is 24.3 Å². The fourth-order valence-corrected chi connectivity index (χ4v) is 3.15. The van der Waals surface area contributed by atoms with Gasteiger partial charge in [0.05, 0.1) is 0 Å². The lowest BCUT2D eigenvalue weighted by Crippen LogP contribution is -2.44. The fraction of sp³-hybridized carbons (Fsp3) is 0.263. The van der Waals surface area contributed by atoms with Crippen molar-refractivity contribution in [2.75, 3.05) is 43.4 Å². The van der Waals surface area contributed by atoms with E-state index < -0.39 is 0 Å². The van der Waals surface area contributed by atoms with Crippen LogP contribution >= 0.6 is 0 Å². The number of imidazole rings is 1. The number of piperazine rings is 1. The average Bonchev–Trinajstić information content (AvgIpc) is 3.12. The molecule has 0 spiro atoms. The molecule has 0 unspecified atom stereocenters. The van der Waals surface area contributed by atoms with Gasteiger partial charge in [-0.15, -0.1) is 0 Å². The van der Waals surface area contributed by atoms with Gasteiger partial charge in [-0.3, -0.25) is 9.20 Å². The third-order valence-corrected chi connectivity index (χ3v) is 4.65. The van der Waals surface area contributed by atoms with Crippen LogP contribution in [0.5, 0.6) is 0 Å². The number of pyridine rings is 1. The van der Waals surface area contributed by atoms with Crippen molar-refractivity contribution in [2.24, 2.45) is 0 Å². The third kappa shape index (κ3) is 3.21. The lowest BCUT2D eigenvalue weighted by Gasteiger charge is -2.34. The Kier molecular flexibility index (Phi) is 4.11. The van der Waals surface area contributed by atoms with Crippen LogP contribution in [0.3, 0.4) is 0 Å². The standard InChI is InChI=1S/C19H21N5O/c1-22-11-13-23(14-12-22)16-7-5-15(6-8-16)21-19(25)17-3-2-4-18-20-9-10-24(17)18/h2-10H,11-14H2,1H3,(H,21,25). The van der Waals surface area contributed by atoms with Crippen LogP contribution in [0.25, 0.3) is 5.65 Å². The molecule has 6 heteroatoms. The summed E-state index contributed by atoms with van der Waals surface area (Å²) in [6, 6.07) is 13.6. The minimum absolute atomic E-state index is 0.143. The Morgan fingerprint density at radius 2 is 1.80 bits per heavy atom. The molecule has 1 aliphatic rings. The first-order valence-electron chi connectivity index (χ1n) is 8.48. The summed E-state index contributed by atoms with van der Waals surface area (Å²) in [5.41, 5.74) is 3.32. The Morgan fingerprint density at radius 3 is 2.56 bits per heavy atom. The number of amides is 1. The molecule has 2 aromatic heterocycles. The Hall–Kier alpha value is -2.86. The minimum atomic E-state index is -0.143. The summed E-state index contributed by atoms with van der Waals surface area (Å²) in [6.07, 6.45) is 3.48. The summed E-state index contributed by atoms with van der Waals surface area (Å²) in [5.74, 6) is -0.143. The zero-order valence-corrected chi connectivity index (χ0v) is 14.2. The topological polar surface area (TPSA) is 52.9 Å². The highest BCUT2D eigenvalue weighted by molar-refractivity contribution is 6.03. The number of hydrogen-bond acceptors (Lipinski definition) is 4. The highest BCUT2D eigenvalue weighted by Crippen LogP contribution is 2.20. The van der Waals surface area contributed by atoms with Gasteiger partial charge in [0.2, 0.25) is 0 Å². The van der Waals surface area contributed by atoms with E-state index in [0.29, 0.717) is 5.69 Å². The van der Waals surface area contributed by atoms with Gasteiger partial charge < -0.3 is 15.1 Å². The number of nitrogens with zero attached hydrogens (tertiary/aromatic N) is 4. The van der Waals surface area contributed by atoms with Crippen molar-refractivity contribution in [3.8, 4) is 0 Å². The molecule has 0 radical (unpaired) electrons. The van der Waals surface area contributed by atoms with Crippen LogP contribution in [-0.2, 0) is 0 Å². The molecular weight excluding hydrogens is 314 g/mol. The number of fused-ring (bicyclic) bond motifs is 1. The van der Waals surface area contributed by atoms with Crippen LogP contribution in [0.1, 0.15) is 10.5 Å². The quantitative estimate of drug-likeness (QED) is 0.798. The number of benzene rings is 1. The van der Waals surface area contributed by atoms with Crippen LogP contribution in [0, 0.1) is 0 Å². The largest absolute Gasteiger partial charge is 0.369 e. The molecule has 4 rings (SSSR count). The monoisotopic (exact) mass is 335 g/mol. The highest BCUT2D eigenvalue weighted by atomic mass is 16.1. The average molecular weight is 335 g/mol. The van der Waals surface area contributed by atoms with Gasteiger partial charge in [0.15, 0.2) is 0 Å². The van der Waals surface area contributed by atoms with Crippen molar-refractivity contribution in [3.05, 3.63) is 60.6 Å². The molecule has 0 aliphatic carbocycles. The van der Waals surface area contributed by atoms with E-state index in [4.69, 9.17) is 0 Å². The molecule has 1 aliphatic heterocycles. The first kappa shape index (κ1) is 15.7. The second kappa shape index (κ2) is 6.57. The molecule has 6 nitrogen and oxygen atoms in total. The van der Waals surface area contributed by atoms with Crippen molar-refractivity contribution < 1.29 is 4.79 Å². The van der Waals surface area contributed by atoms with Gasteiger partial charge in [-0.1, -0.05) is 6.07 Å². The van der Waals surface area contributed by atoms with E-state index in [-0.39, 0.29) is 5.91 Å². The van der Waals surface area contributed by atoms with E-state index in [2.05, 4.69) is 39.3 Å². The number of aromatic nitrogens is 2. The lowest BCUT2D eigenvalue weighted by atomic mass is 10.2. The molecule has 1 fully saturated rings. The molecule has 25 heavy (non-hydrogen) atoms. The molecule has 0 bridgehead atoms. The van der Waals surface area contributed by atoms with Gasteiger partial charge in [-0.05, 0) is 43.4 Å². The molecule has 1 amide bonds. The van der Waals surface area contributed by atoms with Crippen molar-refractivity contribution >= 4 is 22.9 Å². The first-order valence-corrected chi connectivity index (χ1v) is 8.48. The summed E-state index contributed by atoms with van der Waals surface area (Å²) in [6.45, 7) is 4.22. The van der Waals surface area contributed by atoms with Crippen LogP contribution in [0.4, 0.5) is 11.4 Å². The van der Waals surface area contributed by atoms with Gasteiger partial charge >= 0.3 is 0 Å². The smallest absolute Gasteiger partial charge is 0.272 e. The zero-order chi connectivity index (χ0) is 17.2. The second-order valence-electron chi connectivity index (χ2n) is 6.36. The maximum absolute atomic E-state index is 12.6. The van der Waals surface area contributed by atoms with Crippen LogP contribution in [-0.4, -0.2) is 53.4 Å². The summed E-state index contributed by atoms with van der Waals surface area (Å²) in [7, 11) is 2.15. The maximum atomic E-state index is 12.6. The number of likely N-dealkylation sites (N-methyl/N-ethyl adjacent to an activating group) is 1. The van der Waals surface area contributed by atoms with Gasteiger partial charge in [-0.25, -0.2) is 4.98 Å². The Labute approximate surface area is 146 Å². The molecule has 3 aromatic rings. The number of rotatable bonds is 3. The van der Waals surface area contributed by atoms with E-state index >= 15 is 0 Å². The maximum Gasteiger partial charge on any atom is 0.272 e. The SMILES string of the molecule is CN1CCN(c2ccc(NC(=O)c3cccc4nccn34)cc2)CC1. The Morgan fingerprint density at radius 1 is 1.04 bits per heavy atom. The van der Waals surface area contributed by atoms with Crippen LogP contribution in [0.15, 0.2) is 54.9 Å². The third-order valence-electron chi connectivity index (χ3n) is 4.65. The second-order valence-corrected chi connectivity index (χ2v) is 6.36. The molecular formula is C19H21N5O. The molecule has 1 N–H and O–H groups in total. The summed E-state index contributed by atoms with van der Waals surface area (Å²) < 4.78 is 1.79. The van der Waals surface area contributed by atoms with E-state index in [1.165, 1.54) is 5.69 Å². The van der Waals surface area contributed by atoms with Crippen molar-refractivity contribution in [2.45, 2.75) is 0 Å². The molecule has 1 aromatic carbocycles. The van der Waals surface area contributed by atoms with Gasteiger partial charge in [-0.2, -0.15) is 0 Å². The number of carbonyl (C=O) groups is 1. The van der Waals surface area contributed by atoms with Crippen molar-refractivity contribution in [1.82, 2.24) is 14.3 Å². The first-order chi connectivity index (χ1) is 12.2. The van der Waals surface area contributed by atoms with E-state index in [9.17, 15) is 4.79 Å². The molecule has 3 heterocycles. The summed E-state index contributed by atoms with van der Waals surface area (Å²) >= 11 is 0. The number of anilines is 2. The van der Waals surface area contributed by atoms with Gasteiger partial charge in [0, 0.05) is 49.9 Å². The Bertz CT molecular complexity index is 878. The molecule has 0 atom stereocenters. The van der Waals surface area contributed by atoms with Crippen molar-refractivity contribution in [1.29, 1.82) is 0 Å². The lowest BCUT2D eigenvalue weighted by molar-refractivity contribution is 0.102. The number of carbonyl (C=O) groups excluding carboxylic acids is 1. The summed E-state index contributed by atoms with van der Waals surface area (Å²) in [5, 5.41) is 2.96. The number of nitrogens with one attached hydrogen (secondary N) is 1. The predicted octanol–water partition coefficient (Wildman–Crippen LogP) is 2.34. The normalized spacial score (nSPS) is 15.5. The molecule has 128 valence electrons. The van der Waals surface area contributed by atoms with Gasteiger partial charge in [0.25, 0.3) is 5.91 Å². The van der Waals surface area contributed by atoms with E-state index in [0.717, 1.165) is 37.5 Å². The van der Waals surface area contributed by atoms with Crippen LogP contribution in [0.2, 0.25) is 0 Å². The van der Waals surface area contributed by atoms with Crippen LogP contribution < -0.4 is 10.2 Å². The predicted molar refractivity (Wildman–Crippen MR) is 99.3 cm³/mol. The van der Waals surface area contributed by atoms with Crippen molar-refractivity contribution in [3.63, 3.8) is 0 Å². The Balaban J connectivity index is 1.47. The molecule has 0 saturated carbocycles. The van der Waals surface area contributed by atoms with E-state index in [1.54, 1.807) is 22.9 Å². The fourth-order valence-electron chi connectivity index (χ4n) is 3.15. The molecule has 1 saturated heterocycles. The zero-order valence-electron chi connectivity index (χ0n) is 14.2. The minimum Gasteiger partial charge on any atom is -0.369 e.